The molecule has 1 aromatic heterocycles. The Labute approximate surface area is 208 Å². The van der Waals surface area contributed by atoms with Crippen LogP contribution >= 0.6 is 22.9 Å². The van der Waals surface area contributed by atoms with Gasteiger partial charge in [0.15, 0.2) is 0 Å². The van der Waals surface area contributed by atoms with Crippen molar-refractivity contribution < 1.29 is 19.1 Å². The van der Waals surface area contributed by atoms with Crippen LogP contribution < -0.4 is 15.5 Å². The highest BCUT2D eigenvalue weighted by molar-refractivity contribution is 7.18. The van der Waals surface area contributed by atoms with Gasteiger partial charge in [-0.05, 0) is 61.7 Å². The number of benzene rings is 1. The topological polar surface area (TPSA) is 91.0 Å². The first kappa shape index (κ1) is 24.7. The summed E-state index contributed by atoms with van der Waals surface area (Å²) in [5.74, 6) is 0.107. The first-order chi connectivity index (χ1) is 16.4. The number of likely N-dealkylation sites (N-methyl/N-ethyl adjacent to an activating group) is 1. The van der Waals surface area contributed by atoms with Gasteiger partial charge in [0, 0.05) is 31.0 Å². The first-order valence-electron chi connectivity index (χ1n) is 11.5. The average molecular weight is 505 g/mol. The monoisotopic (exact) mass is 504 g/mol. The fraction of sp³-hybridized carbons (Fsp3) is 0.458. The number of nitrogens with one attached hydrogen (secondary N) is 2. The molecule has 0 bridgehead atoms. The predicted octanol–water partition coefficient (Wildman–Crippen LogP) is 3.23. The smallest absolute Gasteiger partial charge is 0.261 e. The zero-order valence-electron chi connectivity index (χ0n) is 19.1. The van der Waals surface area contributed by atoms with E-state index in [-0.39, 0.29) is 30.9 Å². The van der Waals surface area contributed by atoms with Crippen LogP contribution in [0.15, 0.2) is 36.4 Å². The Morgan fingerprint density at radius 1 is 1.24 bits per heavy atom. The summed E-state index contributed by atoms with van der Waals surface area (Å²) in [6, 6.07) is 10.1. The number of carbonyl (C=O) groups is 3. The lowest BCUT2D eigenvalue weighted by Gasteiger charge is -2.30. The number of halogens is 1. The van der Waals surface area contributed by atoms with Gasteiger partial charge in [-0.2, -0.15) is 0 Å². The third-order valence-electron chi connectivity index (χ3n) is 6.02. The molecule has 2 aromatic rings. The quantitative estimate of drug-likeness (QED) is 0.518. The van der Waals surface area contributed by atoms with Crippen molar-refractivity contribution in [2.24, 2.45) is 5.92 Å². The highest BCUT2D eigenvalue weighted by atomic mass is 35.5. The fourth-order valence-electron chi connectivity index (χ4n) is 3.95. The molecule has 0 spiro atoms. The zero-order valence-corrected chi connectivity index (χ0v) is 20.7. The normalized spacial score (nSPS) is 17.0. The Bertz CT molecular complexity index is 1020. The second-order valence-corrected chi connectivity index (χ2v) is 10.2. The van der Waals surface area contributed by atoms with Gasteiger partial charge in [0.2, 0.25) is 5.91 Å². The molecule has 10 heteroatoms. The van der Waals surface area contributed by atoms with Crippen LogP contribution in [0.3, 0.4) is 0 Å². The Kier molecular flexibility index (Phi) is 8.20. The van der Waals surface area contributed by atoms with Crippen LogP contribution in [0.25, 0.3) is 0 Å². The van der Waals surface area contributed by atoms with Crippen molar-refractivity contribution >= 4 is 52.0 Å². The van der Waals surface area contributed by atoms with Crippen molar-refractivity contribution in [1.82, 2.24) is 10.2 Å². The molecule has 0 radical (unpaired) electrons. The van der Waals surface area contributed by atoms with Crippen LogP contribution in [0.4, 0.5) is 11.4 Å². The standard InChI is InChI=1S/C24H29ClN4O4S/c1-2-28(14-16-3-4-16)19(13-26-24(32)20-9-10-21(25)34-20)23(31)27-17-5-7-18(8-6-17)29-11-12-33-15-22(29)30/h5-10,16,19H,2-4,11-15H2,1H3,(H,26,32)(H,27,31)/t19-/m0/s1. The van der Waals surface area contributed by atoms with E-state index in [1.165, 1.54) is 24.2 Å². The molecule has 1 atom stereocenters. The summed E-state index contributed by atoms with van der Waals surface area (Å²) in [5.41, 5.74) is 1.41. The molecule has 2 fully saturated rings. The average Bonchev–Trinajstić information content (AvgIpc) is 3.55. The summed E-state index contributed by atoms with van der Waals surface area (Å²) < 4.78 is 5.73. The van der Waals surface area contributed by atoms with E-state index in [1.807, 2.05) is 19.1 Å². The summed E-state index contributed by atoms with van der Waals surface area (Å²) in [5, 5.41) is 5.88. The number of nitrogens with zero attached hydrogens (tertiary/aromatic N) is 2. The third kappa shape index (κ3) is 6.35. The van der Waals surface area contributed by atoms with Crippen molar-refractivity contribution in [2.45, 2.75) is 25.8 Å². The van der Waals surface area contributed by atoms with Gasteiger partial charge in [-0.15, -0.1) is 11.3 Å². The Hall–Kier alpha value is -2.46. The Morgan fingerprint density at radius 3 is 2.62 bits per heavy atom. The minimum absolute atomic E-state index is 0.0791. The fourth-order valence-corrected chi connectivity index (χ4v) is 4.91. The second-order valence-electron chi connectivity index (χ2n) is 8.49. The SMILES string of the molecule is CCN(CC1CC1)[C@@H](CNC(=O)c1ccc(Cl)s1)C(=O)Nc1ccc(N2CCOCC2=O)cc1. The summed E-state index contributed by atoms with van der Waals surface area (Å²) in [6.45, 7) is 4.84. The number of anilines is 2. The number of amides is 3. The minimum Gasteiger partial charge on any atom is -0.370 e. The van der Waals surface area contributed by atoms with Gasteiger partial charge in [-0.3, -0.25) is 19.3 Å². The lowest BCUT2D eigenvalue weighted by molar-refractivity contribution is -0.125. The molecule has 1 saturated heterocycles. The summed E-state index contributed by atoms with van der Waals surface area (Å²) in [7, 11) is 0. The van der Waals surface area contributed by atoms with E-state index in [1.54, 1.807) is 29.2 Å². The zero-order chi connectivity index (χ0) is 24.1. The van der Waals surface area contributed by atoms with Gasteiger partial charge in [0.05, 0.1) is 15.8 Å². The third-order valence-corrected chi connectivity index (χ3v) is 7.25. The number of carbonyl (C=O) groups excluding carboxylic acids is 3. The van der Waals surface area contributed by atoms with Gasteiger partial charge < -0.3 is 20.3 Å². The molecule has 34 heavy (non-hydrogen) atoms. The summed E-state index contributed by atoms with van der Waals surface area (Å²) >= 11 is 7.16. The molecule has 2 N–H and O–H groups in total. The summed E-state index contributed by atoms with van der Waals surface area (Å²) in [6.07, 6.45) is 2.35. The summed E-state index contributed by atoms with van der Waals surface area (Å²) in [4.78, 5) is 42.2. The van der Waals surface area contributed by atoms with Crippen molar-refractivity contribution in [3.8, 4) is 0 Å². The lowest BCUT2D eigenvalue weighted by atomic mass is 10.1. The molecule has 3 amide bonds. The molecule has 1 saturated carbocycles. The van der Waals surface area contributed by atoms with Crippen LogP contribution in [-0.2, 0) is 14.3 Å². The van der Waals surface area contributed by atoms with Gasteiger partial charge in [0.25, 0.3) is 11.8 Å². The second kappa shape index (κ2) is 11.3. The molecular formula is C24H29ClN4O4S. The molecular weight excluding hydrogens is 476 g/mol. The number of hydrogen-bond donors (Lipinski definition) is 2. The molecule has 2 aliphatic rings. The Balaban J connectivity index is 1.42. The molecule has 182 valence electrons. The first-order valence-corrected chi connectivity index (χ1v) is 12.7. The maximum Gasteiger partial charge on any atom is 0.261 e. The van der Waals surface area contributed by atoms with Gasteiger partial charge in [-0.25, -0.2) is 0 Å². The predicted molar refractivity (Wildman–Crippen MR) is 134 cm³/mol. The minimum atomic E-state index is -0.509. The van der Waals surface area contributed by atoms with Crippen molar-refractivity contribution in [1.29, 1.82) is 0 Å². The van der Waals surface area contributed by atoms with Crippen LogP contribution in [0.2, 0.25) is 4.34 Å². The van der Waals surface area contributed by atoms with E-state index in [0.717, 1.165) is 12.2 Å². The number of hydrogen-bond acceptors (Lipinski definition) is 6. The van der Waals surface area contributed by atoms with Crippen molar-refractivity contribution in [2.75, 3.05) is 49.6 Å². The van der Waals surface area contributed by atoms with E-state index in [0.29, 0.717) is 40.5 Å². The number of thiophene rings is 1. The maximum absolute atomic E-state index is 13.3. The molecule has 8 nitrogen and oxygen atoms in total. The van der Waals surface area contributed by atoms with Crippen molar-refractivity contribution in [3.63, 3.8) is 0 Å². The van der Waals surface area contributed by atoms with Crippen LogP contribution in [0, 0.1) is 5.92 Å². The molecule has 1 aliphatic carbocycles. The highest BCUT2D eigenvalue weighted by Crippen LogP contribution is 2.30. The molecule has 1 aromatic carbocycles. The van der Waals surface area contributed by atoms with Gasteiger partial charge in [-0.1, -0.05) is 18.5 Å². The highest BCUT2D eigenvalue weighted by Gasteiger charge is 2.31. The van der Waals surface area contributed by atoms with Crippen LogP contribution in [0.5, 0.6) is 0 Å². The molecule has 2 heterocycles. The van der Waals surface area contributed by atoms with Crippen LogP contribution in [-0.4, -0.2) is 68.1 Å². The van der Waals surface area contributed by atoms with Crippen LogP contribution in [0.1, 0.15) is 29.4 Å². The lowest BCUT2D eigenvalue weighted by Crippen LogP contribution is -2.51. The molecule has 0 unspecified atom stereocenters. The molecule has 1 aliphatic heterocycles. The van der Waals surface area contributed by atoms with Crippen molar-refractivity contribution in [3.05, 3.63) is 45.6 Å². The van der Waals surface area contributed by atoms with E-state index in [4.69, 9.17) is 16.3 Å². The number of morpholine rings is 1. The number of rotatable bonds is 10. The Morgan fingerprint density at radius 2 is 2.00 bits per heavy atom. The molecule has 4 rings (SSSR count). The number of ether oxygens (including phenoxy) is 1. The maximum atomic E-state index is 13.3. The largest absolute Gasteiger partial charge is 0.370 e. The van der Waals surface area contributed by atoms with E-state index < -0.39 is 6.04 Å². The van der Waals surface area contributed by atoms with Gasteiger partial charge in [0.1, 0.15) is 12.6 Å². The van der Waals surface area contributed by atoms with E-state index in [2.05, 4.69) is 15.5 Å². The van der Waals surface area contributed by atoms with E-state index >= 15 is 0 Å². The van der Waals surface area contributed by atoms with Gasteiger partial charge >= 0.3 is 0 Å². The van der Waals surface area contributed by atoms with E-state index in [9.17, 15) is 14.4 Å².